The van der Waals surface area contributed by atoms with E-state index < -0.39 is 7.53 Å². The number of rotatable bonds is 4. The Kier molecular flexibility index (Phi) is 4.40. The summed E-state index contributed by atoms with van der Waals surface area (Å²) < 4.78 is 13.8. The number of hydrogen-bond acceptors (Lipinski definition) is 3. The van der Waals surface area contributed by atoms with Crippen LogP contribution in [0.2, 0.25) is 0 Å². The summed E-state index contributed by atoms with van der Waals surface area (Å²) in [7, 11) is -0.774. The van der Waals surface area contributed by atoms with Crippen LogP contribution in [0.25, 0.3) is 37.6 Å². The minimum absolute atomic E-state index is 0.430. The van der Waals surface area contributed by atoms with Crippen molar-refractivity contribution in [3.05, 3.63) is 115 Å². The highest BCUT2D eigenvalue weighted by Gasteiger charge is 2.15. The molecule has 32 heavy (non-hydrogen) atoms. The number of ether oxygens (including phenoxy) is 1. The van der Waals surface area contributed by atoms with E-state index >= 15 is 0 Å². The second-order valence-corrected chi connectivity index (χ2v) is 9.59. The van der Waals surface area contributed by atoms with Crippen LogP contribution in [0.3, 0.4) is 0 Å². The van der Waals surface area contributed by atoms with E-state index in [-0.39, 0.29) is 0 Å². The Morgan fingerprint density at radius 3 is 2.41 bits per heavy atom. The average molecular weight is 431 g/mol. The fraction of sp³-hybridized carbons (Fsp3) is 0. The molecule has 0 radical (unpaired) electrons. The minimum atomic E-state index is -0.774. The summed E-state index contributed by atoms with van der Waals surface area (Å²) in [6, 6.07) is 33.3. The Hall–Kier alpha value is -3.94. The molecule has 3 heterocycles. The lowest BCUT2D eigenvalue weighted by molar-refractivity contribution is 0.463. The Labute approximate surface area is 188 Å². The highest BCUT2D eigenvalue weighted by atomic mass is 31.1. The van der Waals surface area contributed by atoms with Crippen LogP contribution in [0.1, 0.15) is 1.37 Å². The molecule has 0 spiro atoms. The van der Waals surface area contributed by atoms with Crippen LogP contribution >= 0.6 is 7.53 Å². The first-order chi connectivity index (χ1) is 16.3. The molecule has 6 aromatic rings. The van der Waals surface area contributed by atoms with Gasteiger partial charge in [0, 0.05) is 28.7 Å². The van der Waals surface area contributed by atoms with Crippen LogP contribution < -0.4 is 4.74 Å². The molecule has 0 bridgehead atoms. The van der Waals surface area contributed by atoms with Gasteiger partial charge in [0.05, 0.1) is 6.81 Å². The number of aromatic nitrogens is 2. The predicted molar refractivity (Wildman–Crippen MR) is 133 cm³/mol. The second kappa shape index (κ2) is 7.96. The number of benzene rings is 3. The lowest BCUT2D eigenvalue weighted by Gasteiger charge is -2.08. The van der Waals surface area contributed by atoms with Gasteiger partial charge in [0.1, 0.15) is 5.75 Å². The van der Waals surface area contributed by atoms with Crippen molar-refractivity contribution in [1.82, 2.24) is 9.97 Å². The van der Waals surface area contributed by atoms with Gasteiger partial charge in [-0.1, -0.05) is 62.1 Å². The Bertz CT molecular complexity index is 1590. The van der Waals surface area contributed by atoms with Crippen molar-refractivity contribution in [3.8, 4) is 28.2 Å². The van der Waals surface area contributed by atoms with Gasteiger partial charge in [-0.25, -0.2) is 4.98 Å². The summed E-state index contributed by atoms with van der Waals surface area (Å²) >= 11 is 0. The van der Waals surface area contributed by atoms with Crippen LogP contribution in [0.15, 0.2) is 115 Å². The van der Waals surface area contributed by atoms with Crippen molar-refractivity contribution in [3.63, 3.8) is 0 Å². The molecular weight excluding hydrogens is 411 g/mol. The molecule has 3 nitrogen and oxygen atoms in total. The van der Waals surface area contributed by atoms with Gasteiger partial charge in [0.25, 0.3) is 0 Å². The molecule has 0 saturated heterocycles. The van der Waals surface area contributed by atoms with Crippen LogP contribution in [0.4, 0.5) is 0 Å². The molecule has 4 heteroatoms. The fourth-order valence-corrected chi connectivity index (χ4v) is 6.63. The Morgan fingerprint density at radius 2 is 1.53 bits per heavy atom. The number of pyridine rings is 2. The summed E-state index contributed by atoms with van der Waals surface area (Å²) in [5.41, 5.74) is 3.25. The molecule has 3 aromatic carbocycles. The Balaban J connectivity index is 1.50. The number of hydrogen-bond donors (Lipinski definition) is 0. The molecule has 0 saturated carbocycles. The van der Waals surface area contributed by atoms with E-state index in [0.29, 0.717) is 11.9 Å². The minimum Gasteiger partial charge on any atom is -0.439 e. The van der Waals surface area contributed by atoms with Crippen molar-refractivity contribution in [1.29, 1.82) is 0 Å². The SMILES string of the molecule is [2H]c1ccc(-p2c3ccccc3c3ccc(-c4cccc(Oc5ccccn5)c4)cc32)nc1. The van der Waals surface area contributed by atoms with Gasteiger partial charge in [-0.3, -0.25) is 4.98 Å². The van der Waals surface area contributed by atoms with Gasteiger partial charge < -0.3 is 4.74 Å². The smallest absolute Gasteiger partial charge is 0.219 e. The molecule has 1 unspecified atom stereocenters. The molecule has 0 N–H and O–H groups in total. The first-order valence-corrected chi connectivity index (χ1v) is 11.8. The van der Waals surface area contributed by atoms with Gasteiger partial charge >= 0.3 is 0 Å². The monoisotopic (exact) mass is 431 g/mol. The Morgan fingerprint density at radius 1 is 0.656 bits per heavy atom. The molecule has 0 fully saturated rings. The maximum absolute atomic E-state index is 7.83. The lowest BCUT2D eigenvalue weighted by atomic mass is 10.0. The summed E-state index contributed by atoms with van der Waals surface area (Å²) in [6.45, 7) is 0. The molecule has 0 amide bonds. The number of fused-ring (bicyclic) bond motifs is 3. The quantitative estimate of drug-likeness (QED) is 0.282. The van der Waals surface area contributed by atoms with Crippen molar-refractivity contribution in [2.24, 2.45) is 0 Å². The van der Waals surface area contributed by atoms with Crippen molar-refractivity contribution >= 4 is 28.5 Å². The predicted octanol–water partition coefficient (Wildman–Crippen LogP) is 8.22. The van der Waals surface area contributed by atoms with E-state index in [4.69, 9.17) is 6.11 Å². The van der Waals surface area contributed by atoms with E-state index in [1.807, 2.05) is 48.5 Å². The summed E-state index contributed by atoms with van der Waals surface area (Å²) in [4.78, 5) is 8.89. The molecule has 1 atom stereocenters. The average Bonchev–Trinajstić information content (AvgIpc) is 3.19. The summed E-state index contributed by atoms with van der Waals surface area (Å²) in [5.74, 6) is 1.33. The van der Waals surface area contributed by atoms with Gasteiger partial charge in [-0.15, -0.1) is 0 Å². The molecule has 0 aliphatic rings. The molecule has 0 aliphatic heterocycles. The zero-order valence-electron chi connectivity index (χ0n) is 18.1. The standard InChI is InChI=1S/C28H19N2OP/c1-2-11-25-23(10-1)24-15-14-21(19-26(24)32(25)28-13-4-6-17-30-28)20-8-7-9-22(18-20)31-27-12-3-5-16-29-27/h1-19H/i6D. The third kappa shape index (κ3) is 3.33. The fourth-order valence-electron chi connectivity index (χ4n) is 4.11. The highest BCUT2D eigenvalue weighted by molar-refractivity contribution is 7.67. The van der Waals surface area contributed by atoms with Gasteiger partial charge in [0.2, 0.25) is 5.88 Å². The molecule has 152 valence electrons. The molecular formula is C28H19N2OP. The van der Waals surface area contributed by atoms with Crippen LogP contribution in [-0.2, 0) is 0 Å². The third-order valence-corrected chi connectivity index (χ3v) is 7.98. The van der Waals surface area contributed by atoms with E-state index in [1.165, 1.54) is 21.0 Å². The van der Waals surface area contributed by atoms with Gasteiger partial charge in [-0.2, -0.15) is 0 Å². The van der Waals surface area contributed by atoms with Crippen LogP contribution in [0.5, 0.6) is 11.6 Å². The maximum atomic E-state index is 7.83. The topological polar surface area (TPSA) is 35.0 Å². The van der Waals surface area contributed by atoms with Gasteiger partial charge in [0.15, 0.2) is 0 Å². The van der Waals surface area contributed by atoms with E-state index in [1.54, 1.807) is 12.4 Å². The highest BCUT2D eigenvalue weighted by Crippen LogP contribution is 2.54. The van der Waals surface area contributed by atoms with Crippen molar-refractivity contribution in [2.75, 3.05) is 0 Å². The summed E-state index contributed by atoms with van der Waals surface area (Å²) in [6.07, 6.45) is 3.36. The number of nitrogens with zero attached hydrogens (tertiary/aromatic N) is 2. The zero-order chi connectivity index (χ0) is 22.2. The van der Waals surface area contributed by atoms with E-state index in [9.17, 15) is 0 Å². The van der Waals surface area contributed by atoms with Crippen LogP contribution in [-0.4, -0.2) is 9.97 Å². The van der Waals surface area contributed by atoms with Gasteiger partial charge in [-0.05, 0) is 64.3 Å². The maximum Gasteiger partial charge on any atom is 0.219 e. The first-order valence-electron chi connectivity index (χ1n) is 10.9. The third-order valence-electron chi connectivity index (χ3n) is 5.53. The molecule has 6 rings (SSSR count). The van der Waals surface area contributed by atoms with E-state index in [0.717, 1.165) is 22.3 Å². The zero-order valence-corrected chi connectivity index (χ0v) is 18.0. The lowest BCUT2D eigenvalue weighted by Crippen LogP contribution is -1.87. The molecule has 3 aromatic heterocycles. The van der Waals surface area contributed by atoms with Crippen molar-refractivity contribution < 1.29 is 6.11 Å². The largest absolute Gasteiger partial charge is 0.439 e. The summed E-state index contributed by atoms with van der Waals surface area (Å²) in [5, 5.41) is 5.15. The first kappa shape index (κ1) is 17.7. The molecule has 0 aliphatic carbocycles. The van der Waals surface area contributed by atoms with E-state index in [2.05, 4.69) is 58.5 Å². The van der Waals surface area contributed by atoms with Crippen molar-refractivity contribution in [2.45, 2.75) is 0 Å². The van der Waals surface area contributed by atoms with Crippen LogP contribution in [0, 0.1) is 0 Å². The normalized spacial score (nSPS) is 12.1. The second-order valence-electron chi connectivity index (χ2n) is 7.50.